The van der Waals surface area contributed by atoms with Crippen LogP contribution in [0.15, 0.2) is 24.4 Å². The lowest BCUT2D eigenvalue weighted by Crippen LogP contribution is -1.98. The summed E-state index contributed by atoms with van der Waals surface area (Å²) >= 11 is 0. The van der Waals surface area contributed by atoms with E-state index in [1.807, 2.05) is 32.0 Å². The van der Waals surface area contributed by atoms with E-state index in [9.17, 15) is 4.79 Å². The number of nitrogens with zero attached hydrogens (tertiary/aromatic N) is 1. The molecule has 0 aliphatic carbocycles. The van der Waals surface area contributed by atoms with Gasteiger partial charge >= 0.3 is 5.97 Å². The molecule has 0 amide bonds. The van der Waals surface area contributed by atoms with Crippen LogP contribution in [0.3, 0.4) is 0 Å². The van der Waals surface area contributed by atoms with E-state index >= 15 is 0 Å². The summed E-state index contributed by atoms with van der Waals surface area (Å²) in [6, 6.07) is 5.48. The standard InChI is InChI=1S/C8H9NO2.C2H6/c10-8(11)5-4-7-3-1-2-6-9-7;1-2/h1-3,6H,4-5H2,(H,10,11);1-2H3. The highest BCUT2D eigenvalue weighted by Gasteiger charge is 1.97. The van der Waals surface area contributed by atoms with Gasteiger partial charge in [-0.25, -0.2) is 0 Å². The van der Waals surface area contributed by atoms with Gasteiger partial charge < -0.3 is 5.11 Å². The molecular weight excluding hydrogens is 166 g/mol. The molecule has 0 fully saturated rings. The van der Waals surface area contributed by atoms with Gasteiger partial charge in [-0.15, -0.1) is 0 Å². The van der Waals surface area contributed by atoms with Crippen molar-refractivity contribution in [2.45, 2.75) is 26.7 Å². The molecule has 1 heterocycles. The molecule has 13 heavy (non-hydrogen) atoms. The fraction of sp³-hybridized carbons (Fsp3) is 0.400. The molecule has 0 aromatic carbocycles. The molecule has 0 radical (unpaired) electrons. The second-order valence-corrected chi connectivity index (χ2v) is 2.21. The van der Waals surface area contributed by atoms with Crippen molar-refractivity contribution in [3.05, 3.63) is 30.1 Å². The molecule has 0 unspecified atom stereocenters. The van der Waals surface area contributed by atoms with Gasteiger partial charge in [-0.3, -0.25) is 9.78 Å². The summed E-state index contributed by atoms with van der Waals surface area (Å²) in [5.74, 6) is -0.782. The first kappa shape index (κ1) is 11.6. The van der Waals surface area contributed by atoms with Crippen molar-refractivity contribution in [3.63, 3.8) is 0 Å². The van der Waals surface area contributed by atoms with Gasteiger partial charge in [-0.1, -0.05) is 19.9 Å². The highest BCUT2D eigenvalue weighted by Crippen LogP contribution is 1.97. The Bertz CT molecular complexity index is 234. The maximum atomic E-state index is 10.1. The van der Waals surface area contributed by atoms with E-state index in [4.69, 9.17) is 5.11 Å². The molecule has 1 aromatic rings. The second-order valence-electron chi connectivity index (χ2n) is 2.21. The molecule has 0 atom stereocenters. The summed E-state index contributed by atoms with van der Waals surface area (Å²) in [6.45, 7) is 4.00. The van der Waals surface area contributed by atoms with Gasteiger partial charge in [0.1, 0.15) is 0 Å². The molecule has 1 rings (SSSR count). The minimum Gasteiger partial charge on any atom is -0.481 e. The van der Waals surface area contributed by atoms with Crippen molar-refractivity contribution < 1.29 is 9.90 Å². The summed E-state index contributed by atoms with van der Waals surface area (Å²) in [5.41, 5.74) is 0.829. The summed E-state index contributed by atoms with van der Waals surface area (Å²) < 4.78 is 0. The predicted octanol–water partition coefficient (Wildman–Crippen LogP) is 2.12. The van der Waals surface area contributed by atoms with Crippen LogP contribution in [0.25, 0.3) is 0 Å². The van der Waals surface area contributed by atoms with Crippen molar-refractivity contribution in [1.29, 1.82) is 0 Å². The first-order chi connectivity index (χ1) is 6.29. The van der Waals surface area contributed by atoms with Crippen LogP contribution in [-0.4, -0.2) is 16.1 Å². The van der Waals surface area contributed by atoms with Crippen LogP contribution in [0.5, 0.6) is 0 Å². The van der Waals surface area contributed by atoms with E-state index in [1.54, 1.807) is 6.20 Å². The number of carboxylic acid groups (broad SMARTS) is 1. The third-order valence-corrected chi connectivity index (χ3v) is 1.32. The van der Waals surface area contributed by atoms with Crippen molar-refractivity contribution in [2.75, 3.05) is 0 Å². The zero-order valence-corrected chi connectivity index (χ0v) is 8.03. The number of hydrogen-bond acceptors (Lipinski definition) is 2. The molecule has 1 aromatic heterocycles. The predicted molar refractivity (Wildman–Crippen MR) is 51.5 cm³/mol. The Morgan fingerprint density at radius 3 is 2.62 bits per heavy atom. The Labute approximate surface area is 78.4 Å². The molecule has 3 heteroatoms. The van der Waals surface area contributed by atoms with Crippen molar-refractivity contribution in [3.8, 4) is 0 Å². The minimum atomic E-state index is -0.782. The smallest absolute Gasteiger partial charge is 0.303 e. The topological polar surface area (TPSA) is 50.2 Å². The number of rotatable bonds is 3. The molecule has 72 valence electrons. The number of aliphatic carboxylic acids is 1. The van der Waals surface area contributed by atoms with Crippen molar-refractivity contribution in [2.24, 2.45) is 0 Å². The lowest BCUT2D eigenvalue weighted by atomic mass is 10.2. The number of pyridine rings is 1. The molecule has 0 saturated heterocycles. The Hall–Kier alpha value is -1.38. The van der Waals surface area contributed by atoms with Crippen LogP contribution in [0.4, 0.5) is 0 Å². The van der Waals surface area contributed by atoms with Gasteiger partial charge in [0, 0.05) is 18.3 Å². The highest BCUT2D eigenvalue weighted by atomic mass is 16.4. The molecule has 0 aliphatic rings. The Balaban J connectivity index is 0.000000671. The quantitative estimate of drug-likeness (QED) is 0.777. The number of hydrogen-bond donors (Lipinski definition) is 1. The van der Waals surface area contributed by atoms with Crippen molar-refractivity contribution in [1.82, 2.24) is 4.98 Å². The van der Waals surface area contributed by atoms with Gasteiger partial charge in [0.15, 0.2) is 0 Å². The zero-order valence-electron chi connectivity index (χ0n) is 8.03. The van der Waals surface area contributed by atoms with Crippen LogP contribution in [0.2, 0.25) is 0 Å². The number of aryl methyl sites for hydroxylation is 1. The summed E-state index contributed by atoms with van der Waals surface area (Å²) in [6.07, 6.45) is 2.32. The first-order valence-electron chi connectivity index (χ1n) is 4.41. The average molecular weight is 181 g/mol. The zero-order chi connectivity index (χ0) is 10.1. The molecule has 3 nitrogen and oxygen atoms in total. The fourth-order valence-corrected chi connectivity index (χ4v) is 0.781. The van der Waals surface area contributed by atoms with E-state index in [2.05, 4.69) is 4.98 Å². The van der Waals surface area contributed by atoms with Gasteiger partial charge in [-0.2, -0.15) is 0 Å². The molecular formula is C10H15NO2. The lowest BCUT2D eigenvalue weighted by molar-refractivity contribution is -0.136. The van der Waals surface area contributed by atoms with Gasteiger partial charge in [-0.05, 0) is 12.1 Å². The maximum Gasteiger partial charge on any atom is 0.303 e. The van der Waals surface area contributed by atoms with E-state index in [-0.39, 0.29) is 6.42 Å². The van der Waals surface area contributed by atoms with Crippen LogP contribution in [0.1, 0.15) is 26.0 Å². The fourth-order valence-electron chi connectivity index (χ4n) is 0.781. The van der Waals surface area contributed by atoms with Crippen LogP contribution < -0.4 is 0 Å². The Morgan fingerprint density at radius 2 is 2.15 bits per heavy atom. The third kappa shape index (κ3) is 5.84. The van der Waals surface area contributed by atoms with Gasteiger partial charge in [0.2, 0.25) is 0 Å². The maximum absolute atomic E-state index is 10.1. The lowest BCUT2D eigenvalue weighted by Gasteiger charge is -1.94. The second kappa shape index (κ2) is 7.28. The highest BCUT2D eigenvalue weighted by molar-refractivity contribution is 5.66. The number of carboxylic acids is 1. The minimum absolute atomic E-state index is 0.150. The summed E-state index contributed by atoms with van der Waals surface area (Å²) in [7, 11) is 0. The van der Waals surface area contributed by atoms with Crippen LogP contribution >= 0.6 is 0 Å². The number of aromatic nitrogens is 1. The Morgan fingerprint density at radius 1 is 1.46 bits per heavy atom. The molecule has 0 spiro atoms. The van der Waals surface area contributed by atoms with E-state index in [0.29, 0.717) is 6.42 Å². The van der Waals surface area contributed by atoms with E-state index in [1.165, 1.54) is 0 Å². The van der Waals surface area contributed by atoms with Gasteiger partial charge in [0.05, 0.1) is 6.42 Å². The SMILES string of the molecule is CC.O=C(O)CCc1ccccn1. The third-order valence-electron chi connectivity index (χ3n) is 1.32. The summed E-state index contributed by atoms with van der Waals surface area (Å²) in [5, 5.41) is 8.35. The molecule has 0 bridgehead atoms. The average Bonchev–Trinajstić information content (AvgIpc) is 2.19. The van der Waals surface area contributed by atoms with Crippen LogP contribution in [0, 0.1) is 0 Å². The van der Waals surface area contributed by atoms with Crippen LogP contribution in [-0.2, 0) is 11.2 Å². The molecule has 1 N–H and O–H groups in total. The van der Waals surface area contributed by atoms with Crippen molar-refractivity contribution >= 4 is 5.97 Å². The largest absolute Gasteiger partial charge is 0.481 e. The van der Waals surface area contributed by atoms with E-state index < -0.39 is 5.97 Å². The number of carbonyl (C=O) groups is 1. The molecule has 0 saturated carbocycles. The van der Waals surface area contributed by atoms with Gasteiger partial charge in [0.25, 0.3) is 0 Å². The molecule has 0 aliphatic heterocycles. The normalized spacial score (nSPS) is 8.46. The van der Waals surface area contributed by atoms with E-state index in [0.717, 1.165) is 5.69 Å². The first-order valence-corrected chi connectivity index (χ1v) is 4.41. The summed E-state index contributed by atoms with van der Waals surface area (Å²) in [4.78, 5) is 14.1. The Kier molecular flexibility index (Phi) is 6.51. The monoisotopic (exact) mass is 181 g/mol.